The average Bonchev–Trinajstić information content (AvgIpc) is 2.84. The van der Waals surface area contributed by atoms with Crippen molar-refractivity contribution in [3.8, 4) is 5.75 Å². The Bertz CT molecular complexity index is 736. The lowest BCUT2D eigenvalue weighted by atomic mass is 10.2. The Labute approximate surface area is 133 Å². The van der Waals surface area contributed by atoms with Crippen LogP contribution in [0.15, 0.2) is 48.5 Å². The molecule has 21 heavy (non-hydrogen) atoms. The molecule has 1 heterocycles. The molecule has 0 saturated carbocycles. The molecule has 0 unspecified atom stereocenters. The van der Waals surface area contributed by atoms with Crippen LogP contribution in [-0.2, 0) is 6.54 Å². The maximum absolute atomic E-state index is 6.44. The molecule has 0 bridgehead atoms. The Morgan fingerprint density at radius 1 is 1.10 bits per heavy atom. The second kappa shape index (κ2) is 6.37. The molecule has 0 aliphatic rings. The summed E-state index contributed by atoms with van der Waals surface area (Å²) in [6, 6.07) is 16.2. The largest absolute Gasteiger partial charge is 0.494 e. The maximum Gasteiger partial charge on any atom is 0.119 e. The molecule has 0 aliphatic carbocycles. The predicted octanol–water partition coefficient (Wildman–Crippen LogP) is 5.57. The summed E-state index contributed by atoms with van der Waals surface area (Å²) in [4.78, 5) is 1.16. The molecule has 0 fully saturated rings. The first-order chi connectivity index (χ1) is 10.3. The first-order valence-corrected chi connectivity index (χ1v) is 8.10. The lowest BCUT2D eigenvalue weighted by Gasteiger charge is -2.07. The minimum absolute atomic E-state index is 0.685. The molecule has 2 aromatic carbocycles. The Hall–Kier alpha value is -1.71. The monoisotopic (exact) mass is 317 g/mol. The lowest BCUT2D eigenvalue weighted by Crippen LogP contribution is -1.98. The van der Waals surface area contributed by atoms with Crippen molar-refractivity contribution >= 4 is 38.7 Å². The molecule has 3 rings (SSSR count). The summed E-state index contributed by atoms with van der Waals surface area (Å²) < 4.78 is 6.66. The molecule has 2 nitrogen and oxygen atoms in total. The van der Waals surface area contributed by atoms with Crippen molar-refractivity contribution < 1.29 is 4.74 Å². The van der Waals surface area contributed by atoms with Gasteiger partial charge in [0, 0.05) is 20.7 Å². The molecule has 3 aromatic rings. The third-order valence-electron chi connectivity index (χ3n) is 3.22. The van der Waals surface area contributed by atoms with Gasteiger partial charge in [0.1, 0.15) is 5.75 Å². The summed E-state index contributed by atoms with van der Waals surface area (Å²) in [6.45, 7) is 3.39. The van der Waals surface area contributed by atoms with Gasteiger partial charge in [-0.15, -0.1) is 11.3 Å². The van der Waals surface area contributed by atoms with Crippen molar-refractivity contribution in [3.63, 3.8) is 0 Å². The van der Waals surface area contributed by atoms with E-state index in [2.05, 4.69) is 17.4 Å². The summed E-state index contributed by atoms with van der Waals surface area (Å²) in [6.07, 6.45) is 0. The van der Waals surface area contributed by atoms with E-state index in [-0.39, 0.29) is 0 Å². The topological polar surface area (TPSA) is 21.3 Å². The summed E-state index contributed by atoms with van der Waals surface area (Å²) >= 11 is 8.18. The standard InChI is InChI=1S/C17H16ClNOS/c1-2-20-13-9-7-12(8-10-13)19-11-16-17(18)14-5-3-4-6-15(14)21-16/h3-10,19H,2,11H2,1H3. The predicted molar refractivity (Wildman–Crippen MR) is 91.8 cm³/mol. The van der Waals surface area contributed by atoms with E-state index >= 15 is 0 Å². The van der Waals surface area contributed by atoms with Crippen LogP contribution in [0.25, 0.3) is 10.1 Å². The van der Waals surface area contributed by atoms with E-state index in [1.54, 1.807) is 11.3 Å². The number of halogens is 1. The van der Waals surface area contributed by atoms with Gasteiger partial charge in [-0.25, -0.2) is 0 Å². The highest BCUT2D eigenvalue weighted by Gasteiger charge is 2.09. The number of benzene rings is 2. The molecule has 0 atom stereocenters. The van der Waals surface area contributed by atoms with Crippen molar-refractivity contribution in [1.29, 1.82) is 0 Å². The number of thiophene rings is 1. The van der Waals surface area contributed by atoms with Crippen LogP contribution in [0, 0.1) is 0 Å². The molecule has 0 saturated heterocycles. The highest BCUT2D eigenvalue weighted by atomic mass is 35.5. The molecule has 1 N–H and O–H groups in total. The quantitative estimate of drug-likeness (QED) is 0.664. The fraction of sp³-hybridized carbons (Fsp3) is 0.176. The highest BCUT2D eigenvalue weighted by molar-refractivity contribution is 7.19. The van der Waals surface area contributed by atoms with Crippen molar-refractivity contribution in [3.05, 3.63) is 58.4 Å². The van der Waals surface area contributed by atoms with Crippen molar-refractivity contribution in [2.45, 2.75) is 13.5 Å². The van der Waals surface area contributed by atoms with Gasteiger partial charge in [-0.05, 0) is 37.3 Å². The number of rotatable bonds is 5. The third kappa shape index (κ3) is 3.14. The van der Waals surface area contributed by atoms with Gasteiger partial charge in [0.15, 0.2) is 0 Å². The minimum Gasteiger partial charge on any atom is -0.494 e. The summed E-state index contributed by atoms with van der Waals surface area (Å²) in [5, 5.41) is 5.39. The Morgan fingerprint density at radius 3 is 2.57 bits per heavy atom. The number of hydrogen-bond acceptors (Lipinski definition) is 3. The molecule has 0 spiro atoms. The molecule has 0 amide bonds. The van der Waals surface area contributed by atoms with Crippen LogP contribution in [0.2, 0.25) is 5.02 Å². The van der Waals surface area contributed by atoms with Crippen LogP contribution >= 0.6 is 22.9 Å². The average molecular weight is 318 g/mol. The van der Waals surface area contributed by atoms with Crippen molar-refractivity contribution in [2.24, 2.45) is 0 Å². The zero-order valence-corrected chi connectivity index (χ0v) is 13.3. The smallest absolute Gasteiger partial charge is 0.119 e. The van der Waals surface area contributed by atoms with E-state index in [9.17, 15) is 0 Å². The number of nitrogens with one attached hydrogen (secondary N) is 1. The van der Waals surface area contributed by atoms with E-state index in [1.165, 1.54) is 4.70 Å². The second-order valence-electron chi connectivity index (χ2n) is 4.65. The van der Waals surface area contributed by atoms with Gasteiger partial charge >= 0.3 is 0 Å². The molecule has 108 valence electrons. The number of ether oxygens (including phenoxy) is 1. The molecule has 0 aliphatic heterocycles. The Morgan fingerprint density at radius 2 is 1.86 bits per heavy atom. The zero-order chi connectivity index (χ0) is 14.7. The second-order valence-corrected chi connectivity index (χ2v) is 6.16. The number of fused-ring (bicyclic) bond motifs is 1. The van der Waals surface area contributed by atoms with Crippen LogP contribution in [0.4, 0.5) is 5.69 Å². The van der Waals surface area contributed by atoms with E-state index < -0.39 is 0 Å². The summed E-state index contributed by atoms with van der Waals surface area (Å²) in [5.41, 5.74) is 1.06. The van der Waals surface area contributed by atoms with E-state index in [1.807, 2.05) is 43.3 Å². The highest BCUT2D eigenvalue weighted by Crippen LogP contribution is 2.35. The fourth-order valence-electron chi connectivity index (χ4n) is 2.20. The van der Waals surface area contributed by atoms with E-state index in [0.29, 0.717) is 6.61 Å². The minimum atomic E-state index is 0.685. The lowest BCUT2D eigenvalue weighted by molar-refractivity contribution is 0.340. The van der Waals surface area contributed by atoms with E-state index in [0.717, 1.165) is 33.3 Å². The van der Waals surface area contributed by atoms with Crippen molar-refractivity contribution in [2.75, 3.05) is 11.9 Å². The zero-order valence-electron chi connectivity index (χ0n) is 11.7. The van der Waals surface area contributed by atoms with Gasteiger partial charge in [0.25, 0.3) is 0 Å². The van der Waals surface area contributed by atoms with Crippen LogP contribution in [-0.4, -0.2) is 6.61 Å². The SMILES string of the molecule is CCOc1ccc(NCc2sc3ccccc3c2Cl)cc1. The maximum atomic E-state index is 6.44. The third-order valence-corrected chi connectivity index (χ3v) is 4.93. The van der Waals surface area contributed by atoms with Crippen molar-refractivity contribution in [1.82, 2.24) is 0 Å². The van der Waals surface area contributed by atoms with Gasteiger partial charge in [-0.3, -0.25) is 0 Å². The van der Waals surface area contributed by atoms with Gasteiger partial charge in [0.05, 0.1) is 18.2 Å². The van der Waals surface area contributed by atoms with Crippen LogP contribution in [0.3, 0.4) is 0 Å². The Kier molecular flexibility index (Phi) is 4.32. The first kappa shape index (κ1) is 14.2. The van der Waals surface area contributed by atoms with E-state index in [4.69, 9.17) is 16.3 Å². The molecular formula is C17H16ClNOS. The number of anilines is 1. The van der Waals surface area contributed by atoms with Gasteiger partial charge in [-0.2, -0.15) is 0 Å². The molecular weight excluding hydrogens is 302 g/mol. The number of hydrogen-bond donors (Lipinski definition) is 1. The van der Waals surface area contributed by atoms with Gasteiger partial charge in [-0.1, -0.05) is 29.8 Å². The Balaban J connectivity index is 1.72. The normalized spacial score (nSPS) is 10.8. The van der Waals surface area contributed by atoms with Crippen LogP contribution < -0.4 is 10.1 Å². The molecule has 4 heteroatoms. The summed E-state index contributed by atoms with van der Waals surface area (Å²) in [5.74, 6) is 0.892. The van der Waals surface area contributed by atoms with Gasteiger partial charge < -0.3 is 10.1 Å². The van der Waals surface area contributed by atoms with Crippen LogP contribution in [0.5, 0.6) is 5.75 Å². The summed E-state index contributed by atoms with van der Waals surface area (Å²) in [7, 11) is 0. The molecule has 0 radical (unpaired) electrons. The first-order valence-electron chi connectivity index (χ1n) is 6.90. The molecule has 1 aromatic heterocycles. The van der Waals surface area contributed by atoms with Gasteiger partial charge in [0.2, 0.25) is 0 Å². The van der Waals surface area contributed by atoms with Crippen LogP contribution in [0.1, 0.15) is 11.8 Å². The fourth-order valence-corrected chi connectivity index (χ4v) is 3.64.